The van der Waals surface area contributed by atoms with Gasteiger partial charge in [-0.15, -0.1) is 0 Å². The summed E-state index contributed by atoms with van der Waals surface area (Å²) >= 11 is 5.91. The fraction of sp³-hybridized carbons (Fsp3) is 0.0667. The van der Waals surface area contributed by atoms with Gasteiger partial charge in [-0.1, -0.05) is 41.9 Å². The molecule has 0 saturated heterocycles. The molecule has 0 aromatic heterocycles. The van der Waals surface area contributed by atoms with Crippen LogP contribution >= 0.6 is 11.6 Å². The fourth-order valence-electron chi connectivity index (χ4n) is 1.57. The molecule has 1 amide bonds. The number of carbonyl (C=O) groups is 1. The summed E-state index contributed by atoms with van der Waals surface area (Å²) in [6.45, 7) is 1.82. The summed E-state index contributed by atoms with van der Waals surface area (Å²) in [5.41, 5.74) is 4.67. The van der Waals surface area contributed by atoms with Crippen LogP contribution in [0.5, 0.6) is 0 Å². The summed E-state index contributed by atoms with van der Waals surface area (Å²) in [6, 6.07) is 16.3. The lowest BCUT2D eigenvalue weighted by molar-refractivity contribution is 0.0955. The van der Waals surface area contributed by atoms with Crippen LogP contribution < -0.4 is 5.43 Å². The number of nitrogens with zero attached hydrogens (tertiary/aromatic N) is 1. The number of halogens is 1. The topological polar surface area (TPSA) is 41.5 Å². The first-order valence-corrected chi connectivity index (χ1v) is 6.20. The van der Waals surface area contributed by atoms with Gasteiger partial charge in [0.2, 0.25) is 0 Å². The lowest BCUT2D eigenvalue weighted by Gasteiger charge is -2.03. The van der Waals surface area contributed by atoms with Crippen molar-refractivity contribution in [3.8, 4) is 0 Å². The molecule has 19 heavy (non-hydrogen) atoms. The first-order valence-electron chi connectivity index (χ1n) is 5.82. The highest BCUT2D eigenvalue weighted by molar-refractivity contribution is 6.31. The van der Waals surface area contributed by atoms with E-state index in [4.69, 9.17) is 11.6 Å². The minimum atomic E-state index is -0.234. The van der Waals surface area contributed by atoms with Crippen molar-refractivity contribution in [3.05, 3.63) is 70.7 Å². The second-order valence-electron chi connectivity index (χ2n) is 4.01. The van der Waals surface area contributed by atoms with E-state index < -0.39 is 0 Å². The second-order valence-corrected chi connectivity index (χ2v) is 4.45. The van der Waals surface area contributed by atoms with Crippen molar-refractivity contribution in [1.82, 2.24) is 5.43 Å². The Labute approximate surface area is 116 Å². The first-order chi connectivity index (χ1) is 9.16. The summed E-state index contributed by atoms with van der Waals surface area (Å²) in [4.78, 5) is 11.8. The molecule has 0 bridgehead atoms. The van der Waals surface area contributed by atoms with Crippen LogP contribution in [0.2, 0.25) is 5.02 Å². The monoisotopic (exact) mass is 272 g/mol. The van der Waals surface area contributed by atoms with E-state index in [-0.39, 0.29) is 5.91 Å². The van der Waals surface area contributed by atoms with Crippen LogP contribution in [0.15, 0.2) is 59.7 Å². The molecule has 0 atom stereocenters. The largest absolute Gasteiger partial charge is 0.271 e. The van der Waals surface area contributed by atoms with Crippen LogP contribution in [-0.4, -0.2) is 11.6 Å². The Kier molecular flexibility index (Phi) is 4.31. The normalized spacial score (nSPS) is 11.2. The summed E-state index contributed by atoms with van der Waals surface area (Å²) in [5.74, 6) is -0.234. The Morgan fingerprint density at radius 3 is 2.42 bits per heavy atom. The van der Waals surface area contributed by atoms with Gasteiger partial charge in [-0.3, -0.25) is 4.79 Å². The van der Waals surface area contributed by atoms with Crippen molar-refractivity contribution < 1.29 is 4.79 Å². The smallest absolute Gasteiger partial charge is 0.267 e. The average molecular weight is 273 g/mol. The molecule has 0 saturated carbocycles. The highest BCUT2D eigenvalue weighted by Gasteiger charge is 2.03. The van der Waals surface area contributed by atoms with Crippen LogP contribution in [0.25, 0.3) is 0 Å². The predicted molar refractivity (Wildman–Crippen MR) is 77.6 cm³/mol. The molecule has 0 fully saturated rings. The molecule has 2 rings (SSSR count). The molecule has 2 aromatic rings. The number of nitrogens with one attached hydrogen (secondary N) is 1. The molecule has 0 heterocycles. The summed E-state index contributed by atoms with van der Waals surface area (Å²) in [7, 11) is 0. The van der Waals surface area contributed by atoms with E-state index in [0.717, 1.165) is 5.56 Å². The molecule has 0 radical (unpaired) electrons. The zero-order valence-electron chi connectivity index (χ0n) is 10.4. The van der Waals surface area contributed by atoms with Gasteiger partial charge in [0.25, 0.3) is 5.91 Å². The van der Waals surface area contributed by atoms with Crippen LogP contribution in [0, 0.1) is 0 Å². The molecule has 0 aliphatic carbocycles. The standard InChI is InChI=1S/C15H13ClN2O/c1-11(13-8-5-9-14(16)10-13)17-18-15(19)12-6-3-2-4-7-12/h2-10H,1H3,(H,18,19)/b17-11+. The number of hydrazone groups is 1. The summed E-state index contributed by atoms with van der Waals surface area (Å²) in [5, 5.41) is 4.71. The van der Waals surface area contributed by atoms with Crippen molar-refractivity contribution in [3.63, 3.8) is 0 Å². The van der Waals surface area contributed by atoms with Crippen LogP contribution in [0.4, 0.5) is 0 Å². The molecule has 0 unspecified atom stereocenters. The third kappa shape index (κ3) is 3.66. The third-order valence-corrected chi connectivity index (χ3v) is 2.84. The van der Waals surface area contributed by atoms with Gasteiger partial charge in [0, 0.05) is 10.6 Å². The van der Waals surface area contributed by atoms with Gasteiger partial charge in [0.1, 0.15) is 0 Å². The molecule has 0 aliphatic heterocycles. The van der Waals surface area contributed by atoms with Crippen LogP contribution in [0.1, 0.15) is 22.8 Å². The van der Waals surface area contributed by atoms with E-state index in [2.05, 4.69) is 10.5 Å². The van der Waals surface area contributed by atoms with Crippen molar-refractivity contribution in [2.24, 2.45) is 5.10 Å². The fourth-order valence-corrected chi connectivity index (χ4v) is 1.76. The summed E-state index contributed by atoms with van der Waals surface area (Å²) in [6.07, 6.45) is 0. The Morgan fingerprint density at radius 1 is 1.05 bits per heavy atom. The molecule has 2 aromatic carbocycles. The molecule has 3 nitrogen and oxygen atoms in total. The number of hydrogen-bond acceptors (Lipinski definition) is 2. The molecule has 4 heteroatoms. The van der Waals surface area contributed by atoms with Gasteiger partial charge >= 0.3 is 0 Å². The Bertz CT molecular complexity index is 609. The van der Waals surface area contributed by atoms with E-state index in [9.17, 15) is 4.79 Å². The number of carbonyl (C=O) groups excluding carboxylic acids is 1. The quantitative estimate of drug-likeness (QED) is 0.674. The highest BCUT2D eigenvalue weighted by Crippen LogP contribution is 2.11. The predicted octanol–water partition coefficient (Wildman–Crippen LogP) is 3.49. The Hall–Kier alpha value is -2.13. The van der Waals surface area contributed by atoms with Gasteiger partial charge in [0.15, 0.2) is 0 Å². The minimum absolute atomic E-state index is 0.234. The number of hydrogen-bond donors (Lipinski definition) is 1. The van der Waals surface area contributed by atoms with Gasteiger partial charge in [-0.05, 0) is 36.8 Å². The van der Waals surface area contributed by atoms with Crippen molar-refractivity contribution in [2.75, 3.05) is 0 Å². The van der Waals surface area contributed by atoms with Crippen molar-refractivity contribution >= 4 is 23.2 Å². The lowest BCUT2D eigenvalue weighted by Crippen LogP contribution is -2.19. The van der Waals surface area contributed by atoms with Gasteiger partial charge in [0.05, 0.1) is 5.71 Å². The molecular weight excluding hydrogens is 260 g/mol. The maximum absolute atomic E-state index is 11.8. The van der Waals surface area contributed by atoms with E-state index >= 15 is 0 Å². The van der Waals surface area contributed by atoms with Crippen LogP contribution in [0.3, 0.4) is 0 Å². The Morgan fingerprint density at radius 2 is 1.74 bits per heavy atom. The van der Waals surface area contributed by atoms with Gasteiger partial charge in [-0.2, -0.15) is 5.10 Å². The number of benzene rings is 2. The number of amides is 1. The molecule has 1 N–H and O–H groups in total. The zero-order chi connectivity index (χ0) is 13.7. The molecular formula is C15H13ClN2O. The molecule has 0 aliphatic rings. The van der Waals surface area contributed by atoms with E-state index in [1.54, 1.807) is 24.3 Å². The zero-order valence-corrected chi connectivity index (χ0v) is 11.2. The van der Waals surface area contributed by atoms with E-state index in [1.165, 1.54) is 0 Å². The van der Waals surface area contributed by atoms with Gasteiger partial charge < -0.3 is 0 Å². The second kappa shape index (κ2) is 6.16. The maximum Gasteiger partial charge on any atom is 0.271 e. The van der Waals surface area contributed by atoms with E-state index in [1.807, 2.05) is 37.3 Å². The minimum Gasteiger partial charge on any atom is -0.267 e. The van der Waals surface area contributed by atoms with Crippen molar-refractivity contribution in [1.29, 1.82) is 0 Å². The average Bonchev–Trinajstić information content (AvgIpc) is 2.45. The summed E-state index contributed by atoms with van der Waals surface area (Å²) < 4.78 is 0. The van der Waals surface area contributed by atoms with Crippen LogP contribution in [-0.2, 0) is 0 Å². The molecule has 96 valence electrons. The van der Waals surface area contributed by atoms with Crippen molar-refractivity contribution in [2.45, 2.75) is 6.92 Å². The van der Waals surface area contributed by atoms with Gasteiger partial charge in [-0.25, -0.2) is 5.43 Å². The first kappa shape index (κ1) is 13.3. The molecule has 0 spiro atoms. The highest BCUT2D eigenvalue weighted by atomic mass is 35.5. The number of rotatable bonds is 3. The SMILES string of the molecule is C/C(=N\NC(=O)c1ccccc1)c1cccc(Cl)c1. The van der Waals surface area contributed by atoms with E-state index in [0.29, 0.717) is 16.3 Å². The Balaban J connectivity index is 2.09. The maximum atomic E-state index is 11.8. The lowest BCUT2D eigenvalue weighted by atomic mass is 10.1. The third-order valence-electron chi connectivity index (χ3n) is 2.60.